The molecule has 0 spiro atoms. The van der Waals surface area contributed by atoms with Crippen molar-refractivity contribution >= 4 is 11.0 Å². The second-order valence-corrected chi connectivity index (χ2v) is 9.55. The van der Waals surface area contributed by atoms with Gasteiger partial charge in [-0.15, -0.1) is 0 Å². The van der Waals surface area contributed by atoms with Crippen LogP contribution in [0.1, 0.15) is 51.3 Å². The third kappa shape index (κ3) is 6.33. The van der Waals surface area contributed by atoms with Crippen LogP contribution in [0, 0.1) is 0 Å². The first kappa shape index (κ1) is 21.4. The fourth-order valence-electron chi connectivity index (χ4n) is 2.83. The summed E-state index contributed by atoms with van der Waals surface area (Å²) in [5.74, 6) is 0.820. The number of hydrogen-bond acceptors (Lipinski definition) is 2. The van der Waals surface area contributed by atoms with E-state index in [1.807, 2.05) is 51.1 Å². The molecule has 2 aromatic rings. The molecule has 0 aliphatic heterocycles. The lowest BCUT2D eigenvalue weighted by atomic mass is 9.94. The highest BCUT2D eigenvalue weighted by Crippen LogP contribution is 2.29. The number of nitrogens with one attached hydrogen (secondary N) is 1. The lowest BCUT2D eigenvalue weighted by Gasteiger charge is -2.27. The van der Waals surface area contributed by atoms with Crippen molar-refractivity contribution in [3.05, 3.63) is 77.4 Å². The van der Waals surface area contributed by atoms with Gasteiger partial charge in [0.15, 0.2) is 0 Å². The van der Waals surface area contributed by atoms with Gasteiger partial charge in [-0.3, -0.25) is 0 Å². The van der Waals surface area contributed by atoms with E-state index in [-0.39, 0.29) is 10.8 Å². The zero-order chi connectivity index (χ0) is 19.9. The van der Waals surface area contributed by atoms with Crippen molar-refractivity contribution in [2.75, 3.05) is 7.11 Å². The highest BCUT2D eigenvalue weighted by Gasteiger charge is 2.25. The lowest BCUT2D eigenvalue weighted by Crippen LogP contribution is -2.36. The summed E-state index contributed by atoms with van der Waals surface area (Å²) in [6.45, 7) is 8.01. The van der Waals surface area contributed by atoms with Gasteiger partial charge in [-0.25, -0.2) is 8.93 Å². The van der Waals surface area contributed by atoms with E-state index in [9.17, 15) is 4.21 Å². The van der Waals surface area contributed by atoms with Crippen LogP contribution < -0.4 is 9.46 Å². The molecule has 3 nitrogen and oxygen atoms in total. The Balaban J connectivity index is 2.26. The maximum absolute atomic E-state index is 12.8. The maximum Gasteiger partial charge on any atom is 0.118 e. The molecular weight excluding hydrogens is 354 g/mol. The van der Waals surface area contributed by atoms with Crippen LogP contribution in [-0.2, 0) is 17.4 Å². The molecule has 0 saturated carbocycles. The van der Waals surface area contributed by atoms with Gasteiger partial charge in [0.05, 0.1) is 28.9 Å². The quantitative estimate of drug-likeness (QED) is 0.621. The van der Waals surface area contributed by atoms with E-state index < -0.39 is 11.0 Å². The van der Waals surface area contributed by atoms with Crippen LogP contribution in [0.25, 0.3) is 0 Å². The first-order chi connectivity index (χ1) is 12.8. The molecule has 2 unspecified atom stereocenters. The van der Waals surface area contributed by atoms with Crippen molar-refractivity contribution in [3.8, 4) is 5.75 Å². The van der Waals surface area contributed by atoms with Crippen LogP contribution in [0.5, 0.6) is 5.75 Å². The maximum atomic E-state index is 12.8. The third-order valence-corrected chi connectivity index (χ3v) is 6.08. The SMILES string of the molecule is C/C=C(\CCc1ccccc1)C(NS(=O)C(C)(C)C)c1ccc(OC)cc1. The average Bonchev–Trinajstić information content (AvgIpc) is 2.67. The molecule has 0 fully saturated rings. The molecule has 2 rings (SSSR count). The van der Waals surface area contributed by atoms with E-state index in [0.29, 0.717) is 0 Å². The van der Waals surface area contributed by atoms with Crippen LogP contribution in [0.3, 0.4) is 0 Å². The van der Waals surface area contributed by atoms with Gasteiger partial charge in [0.25, 0.3) is 0 Å². The second-order valence-electron chi connectivity index (χ2n) is 7.55. The minimum absolute atomic E-state index is 0.0929. The molecule has 1 N–H and O–H groups in total. The summed E-state index contributed by atoms with van der Waals surface area (Å²) in [5.41, 5.74) is 3.64. The summed E-state index contributed by atoms with van der Waals surface area (Å²) in [7, 11) is 0.496. The Labute approximate surface area is 166 Å². The van der Waals surface area contributed by atoms with Gasteiger partial charge < -0.3 is 4.74 Å². The lowest BCUT2D eigenvalue weighted by molar-refractivity contribution is 0.414. The van der Waals surface area contributed by atoms with E-state index in [1.165, 1.54) is 11.1 Å². The van der Waals surface area contributed by atoms with Crippen LogP contribution >= 0.6 is 0 Å². The smallest absolute Gasteiger partial charge is 0.118 e. The molecule has 0 amide bonds. The number of allylic oxidation sites excluding steroid dienone is 1. The van der Waals surface area contributed by atoms with E-state index in [2.05, 4.69) is 42.0 Å². The largest absolute Gasteiger partial charge is 0.497 e. The molecule has 0 aliphatic rings. The normalized spacial score (nSPS) is 14.6. The number of methoxy groups -OCH3 is 1. The molecule has 0 aliphatic carbocycles. The Hall–Kier alpha value is -1.91. The Bertz CT molecular complexity index is 761. The van der Waals surface area contributed by atoms with Gasteiger partial charge in [-0.05, 0) is 63.8 Å². The van der Waals surface area contributed by atoms with Crippen LogP contribution in [-0.4, -0.2) is 16.1 Å². The summed E-state index contributed by atoms with van der Waals surface area (Å²) >= 11 is 0. The average molecular weight is 386 g/mol. The molecule has 0 saturated heterocycles. The fourth-order valence-corrected chi connectivity index (χ4v) is 3.68. The minimum Gasteiger partial charge on any atom is -0.497 e. The summed E-state index contributed by atoms with van der Waals surface area (Å²) < 4.78 is 21.1. The number of hydrogen-bond donors (Lipinski definition) is 1. The molecule has 2 aromatic carbocycles. The van der Waals surface area contributed by atoms with Gasteiger partial charge in [-0.1, -0.05) is 54.1 Å². The van der Waals surface area contributed by atoms with Crippen molar-refractivity contribution in [2.24, 2.45) is 0 Å². The molecule has 0 radical (unpaired) electrons. The van der Waals surface area contributed by atoms with Crippen LogP contribution in [0.4, 0.5) is 0 Å². The first-order valence-corrected chi connectivity index (χ1v) is 10.5. The molecule has 27 heavy (non-hydrogen) atoms. The molecular formula is C23H31NO2S. The van der Waals surface area contributed by atoms with Gasteiger partial charge in [0, 0.05) is 0 Å². The number of benzene rings is 2. The van der Waals surface area contributed by atoms with Crippen LogP contribution in [0.2, 0.25) is 0 Å². The van der Waals surface area contributed by atoms with Gasteiger partial charge in [0.2, 0.25) is 0 Å². The Morgan fingerprint density at radius 2 is 1.74 bits per heavy atom. The summed E-state index contributed by atoms with van der Waals surface area (Å²) in [6.07, 6.45) is 4.01. The predicted octanol–water partition coefficient (Wildman–Crippen LogP) is 5.37. The number of ether oxygens (including phenoxy) is 1. The zero-order valence-corrected chi connectivity index (χ0v) is 17.8. The minimum atomic E-state index is -1.17. The molecule has 146 valence electrons. The molecule has 0 aromatic heterocycles. The van der Waals surface area contributed by atoms with E-state index in [4.69, 9.17) is 4.74 Å². The molecule has 2 atom stereocenters. The topological polar surface area (TPSA) is 38.3 Å². The Morgan fingerprint density at radius 3 is 2.26 bits per heavy atom. The van der Waals surface area contributed by atoms with Crippen molar-refractivity contribution < 1.29 is 8.95 Å². The third-order valence-electron chi connectivity index (χ3n) is 4.52. The Kier molecular flexibility index (Phi) is 7.81. The van der Waals surface area contributed by atoms with Crippen LogP contribution in [0.15, 0.2) is 66.2 Å². The Morgan fingerprint density at radius 1 is 1.11 bits per heavy atom. The van der Waals surface area contributed by atoms with Crippen molar-refractivity contribution in [1.82, 2.24) is 4.72 Å². The monoisotopic (exact) mass is 385 g/mol. The zero-order valence-electron chi connectivity index (χ0n) is 17.0. The molecule has 0 heterocycles. The second kappa shape index (κ2) is 9.86. The van der Waals surface area contributed by atoms with Gasteiger partial charge in [-0.2, -0.15) is 0 Å². The summed E-state index contributed by atoms with van der Waals surface area (Å²) in [5, 5.41) is 0. The molecule has 0 bridgehead atoms. The highest BCUT2D eigenvalue weighted by molar-refractivity contribution is 7.84. The van der Waals surface area contributed by atoms with E-state index in [1.54, 1.807) is 7.11 Å². The summed E-state index contributed by atoms with van der Waals surface area (Å²) in [4.78, 5) is 0. The predicted molar refractivity (Wildman–Crippen MR) is 115 cm³/mol. The van der Waals surface area contributed by atoms with Crippen molar-refractivity contribution in [2.45, 2.75) is 51.3 Å². The fraction of sp³-hybridized carbons (Fsp3) is 0.391. The standard InChI is InChI=1S/C23H31NO2S/c1-6-19(13-12-18-10-8-7-9-11-18)22(24-27(25)23(2,3)4)20-14-16-21(26-5)17-15-20/h6-11,14-17,22,24H,12-13H2,1-5H3/b19-6+. The summed E-state index contributed by atoms with van der Waals surface area (Å²) in [6, 6.07) is 18.4. The number of rotatable bonds is 8. The first-order valence-electron chi connectivity index (χ1n) is 9.36. The highest BCUT2D eigenvalue weighted by atomic mass is 32.2. The van der Waals surface area contributed by atoms with Gasteiger partial charge >= 0.3 is 0 Å². The van der Waals surface area contributed by atoms with Crippen molar-refractivity contribution in [3.63, 3.8) is 0 Å². The number of aryl methyl sites for hydroxylation is 1. The van der Waals surface area contributed by atoms with Gasteiger partial charge in [0.1, 0.15) is 5.75 Å². The van der Waals surface area contributed by atoms with E-state index >= 15 is 0 Å². The van der Waals surface area contributed by atoms with E-state index in [0.717, 1.165) is 24.2 Å². The van der Waals surface area contributed by atoms with Crippen molar-refractivity contribution in [1.29, 1.82) is 0 Å². The molecule has 4 heteroatoms.